The van der Waals surface area contributed by atoms with Crippen LogP contribution in [0.4, 0.5) is 11.5 Å². The van der Waals surface area contributed by atoms with Crippen molar-refractivity contribution in [2.75, 3.05) is 24.1 Å². The molecular formula is C9H15N5O3. The molecule has 17 heavy (non-hydrogen) atoms. The fraction of sp³-hybridized carbons (Fsp3) is 0.444. The molecule has 0 atom stereocenters. The average Bonchev–Trinajstić information content (AvgIpc) is 2.24. The minimum Gasteiger partial charge on any atom is -0.383 e. The quantitative estimate of drug-likeness (QED) is 0.463. The van der Waals surface area contributed by atoms with Gasteiger partial charge in [0.1, 0.15) is 11.5 Å². The summed E-state index contributed by atoms with van der Waals surface area (Å²) in [7, 11) is 1.45. The third-order valence-electron chi connectivity index (χ3n) is 2.17. The number of hydrogen-bond donors (Lipinski definition) is 4. The molecular weight excluding hydrogens is 226 g/mol. The van der Waals surface area contributed by atoms with E-state index in [-0.39, 0.29) is 17.4 Å². The summed E-state index contributed by atoms with van der Waals surface area (Å²) < 4.78 is 1.13. The van der Waals surface area contributed by atoms with Crippen molar-refractivity contribution in [1.82, 2.24) is 14.9 Å². The molecule has 0 radical (unpaired) electrons. The monoisotopic (exact) mass is 241 g/mol. The van der Waals surface area contributed by atoms with Gasteiger partial charge in [0.25, 0.3) is 5.56 Å². The molecule has 0 fully saturated rings. The highest BCUT2D eigenvalue weighted by molar-refractivity contribution is 5.72. The van der Waals surface area contributed by atoms with Gasteiger partial charge in [0.15, 0.2) is 0 Å². The van der Waals surface area contributed by atoms with Gasteiger partial charge in [-0.25, -0.2) is 4.79 Å². The van der Waals surface area contributed by atoms with Crippen molar-refractivity contribution in [2.45, 2.75) is 6.92 Å². The van der Waals surface area contributed by atoms with E-state index in [9.17, 15) is 14.4 Å². The van der Waals surface area contributed by atoms with Crippen molar-refractivity contribution in [1.29, 1.82) is 0 Å². The maximum absolute atomic E-state index is 11.4. The van der Waals surface area contributed by atoms with E-state index in [1.54, 1.807) is 0 Å². The highest BCUT2D eigenvalue weighted by Crippen LogP contribution is 2.06. The molecule has 0 aromatic carbocycles. The maximum atomic E-state index is 11.4. The molecule has 0 spiro atoms. The first-order valence-electron chi connectivity index (χ1n) is 5.00. The first-order valence-corrected chi connectivity index (χ1v) is 5.00. The molecule has 5 N–H and O–H groups in total. The minimum absolute atomic E-state index is 0.0570. The van der Waals surface area contributed by atoms with Gasteiger partial charge in [-0.1, -0.05) is 0 Å². The third kappa shape index (κ3) is 3.10. The number of hydrogen-bond acceptors (Lipinski definition) is 5. The number of H-pyrrole nitrogens is 1. The fourth-order valence-electron chi connectivity index (χ4n) is 1.23. The molecule has 1 aromatic rings. The Balaban J connectivity index is 2.78. The topological polar surface area (TPSA) is 122 Å². The van der Waals surface area contributed by atoms with Crippen molar-refractivity contribution in [2.24, 2.45) is 7.05 Å². The first kappa shape index (κ1) is 12.8. The van der Waals surface area contributed by atoms with Crippen LogP contribution in [0.15, 0.2) is 9.59 Å². The van der Waals surface area contributed by atoms with E-state index in [0.717, 1.165) is 4.57 Å². The van der Waals surface area contributed by atoms with Crippen LogP contribution in [-0.2, 0) is 11.8 Å². The largest absolute Gasteiger partial charge is 0.383 e. The van der Waals surface area contributed by atoms with Gasteiger partial charge in [-0.3, -0.25) is 19.1 Å². The Morgan fingerprint density at radius 1 is 1.41 bits per heavy atom. The number of aromatic amines is 1. The molecule has 1 rings (SSSR count). The van der Waals surface area contributed by atoms with E-state index >= 15 is 0 Å². The number of anilines is 2. The number of rotatable bonds is 4. The predicted octanol–water partition coefficient (Wildman–Crippen LogP) is -1.80. The van der Waals surface area contributed by atoms with E-state index in [1.807, 2.05) is 0 Å². The van der Waals surface area contributed by atoms with Crippen LogP contribution < -0.4 is 27.6 Å². The van der Waals surface area contributed by atoms with Gasteiger partial charge in [-0.05, 0) is 0 Å². The number of carbonyl (C=O) groups excluding carboxylic acids is 1. The second-order valence-corrected chi connectivity index (χ2v) is 3.49. The van der Waals surface area contributed by atoms with E-state index in [0.29, 0.717) is 13.1 Å². The Bertz CT molecular complexity index is 530. The van der Waals surface area contributed by atoms with Crippen LogP contribution in [0.3, 0.4) is 0 Å². The molecule has 0 bridgehead atoms. The zero-order valence-electron chi connectivity index (χ0n) is 9.66. The zero-order chi connectivity index (χ0) is 13.0. The van der Waals surface area contributed by atoms with E-state index in [4.69, 9.17) is 5.73 Å². The lowest BCUT2D eigenvalue weighted by Crippen LogP contribution is -2.34. The molecule has 0 aliphatic heterocycles. The Hall–Kier alpha value is -2.25. The SMILES string of the molecule is CC(=O)NCCNc1c(N)n(C)c(=O)[nH]c1=O. The summed E-state index contributed by atoms with van der Waals surface area (Å²) in [5.41, 5.74) is 4.60. The second-order valence-electron chi connectivity index (χ2n) is 3.49. The van der Waals surface area contributed by atoms with Crippen molar-refractivity contribution in [3.8, 4) is 0 Å². The van der Waals surface area contributed by atoms with Crippen LogP contribution in [0.1, 0.15) is 6.92 Å². The van der Waals surface area contributed by atoms with Gasteiger partial charge in [0.05, 0.1) is 0 Å². The summed E-state index contributed by atoms with van der Waals surface area (Å²) in [6, 6.07) is 0. The average molecular weight is 241 g/mol. The second kappa shape index (κ2) is 5.19. The number of amides is 1. The van der Waals surface area contributed by atoms with Crippen LogP contribution in [0.2, 0.25) is 0 Å². The van der Waals surface area contributed by atoms with Gasteiger partial charge in [-0.15, -0.1) is 0 Å². The number of aromatic nitrogens is 2. The maximum Gasteiger partial charge on any atom is 0.329 e. The van der Waals surface area contributed by atoms with Crippen molar-refractivity contribution in [3.05, 3.63) is 20.8 Å². The van der Waals surface area contributed by atoms with Gasteiger partial charge in [-0.2, -0.15) is 0 Å². The van der Waals surface area contributed by atoms with Crippen LogP contribution in [0.25, 0.3) is 0 Å². The Labute approximate surface area is 96.8 Å². The molecule has 0 saturated carbocycles. The Morgan fingerprint density at radius 3 is 2.65 bits per heavy atom. The number of carbonyl (C=O) groups is 1. The van der Waals surface area contributed by atoms with E-state index < -0.39 is 11.2 Å². The molecule has 8 heteroatoms. The van der Waals surface area contributed by atoms with Crippen molar-refractivity contribution in [3.63, 3.8) is 0 Å². The minimum atomic E-state index is -0.576. The number of nitrogens with zero attached hydrogens (tertiary/aromatic N) is 1. The molecule has 0 aliphatic rings. The van der Waals surface area contributed by atoms with Gasteiger partial charge >= 0.3 is 5.69 Å². The molecule has 1 amide bonds. The summed E-state index contributed by atoms with van der Waals surface area (Å²) in [6.45, 7) is 2.09. The standard InChI is InChI=1S/C9H15N5O3/c1-5(15)11-3-4-12-6-7(10)14(2)9(17)13-8(6)16/h12H,3-4,10H2,1-2H3,(H,11,15)(H,13,16,17). The number of nitrogens with one attached hydrogen (secondary N) is 3. The van der Waals surface area contributed by atoms with Crippen LogP contribution in [-0.4, -0.2) is 28.5 Å². The van der Waals surface area contributed by atoms with Crippen LogP contribution >= 0.6 is 0 Å². The summed E-state index contributed by atoms with van der Waals surface area (Å²) in [4.78, 5) is 35.3. The first-order chi connectivity index (χ1) is 7.93. The van der Waals surface area contributed by atoms with Gasteiger partial charge in [0.2, 0.25) is 5.91 Å². The highest BCUT2D eigenvalue weighted by atomic mass is 16.2. The molecule has 1 aromatic heterocycles. The molecule has 94 valence electrons. The Morgan fingerprint density at radius 2 is 2.06 bits per heavy atom. The summed E-state index contributed by atoms with van der Waals surface area (Å²) in [5.74, 6) is -0.101. The normalized spacial score (nSPS) is 10.0. The van der Waals surface area contributed by atoms with Gasteiger partial charge in [0, 0.05) is 27.1 Å². The molecule has 0 unspecified atom stereocenters. The van der Waals surface area contributed by atoms with Crippen LogP contribution in [0.5, 0.6) is 0 Å². The van der Waals surface area contributed by atoms with Crippen molar-refractivity contribution >= 4 is 17.4 Å². The summed E-state index contributed by atoms with van der Waals surface area (Å²) >= 11 is 0. The van der Waals surface area contributed by atoms with Crippen LogP contribution in [0, 0.1) is 0 Å². The smallest absolute Gasteiger partial charge is 0.329 e. The van der Waals surface area contributed by atoms with Gasteiger partial charge < -0.3 is 16.4 Å². The summed E-state index contributed by atoms with van der Waals surface area (Å²) in [6.07, 6.45) is 0. The lowest BCUT2D eigenvalue weighted by Gasteiger charge is -2.10. The molecule has 1 heterocycles. The fourth-order valence-corrected chi connectivity index (χ4v) is 1.23. The molecule has 8 nitrogen and oxygen atoms in total. The Kier molecular flexibility index (Phi) is 3.91. The lowest BCUT2D eigenvalue weighted by molar-refractivity contribution is -0.118. The zero-order valence-corrected chi connectivity index (χ0v) is 9.66. The van der Waals surface area contributed by atoms with E-state index in [2.05, 4.69) is 15.6 Å². The molecule has 0 saturated heterocycles. The summed E-state index contributed by atoms with van der Waals surface area (Å²) in [5, 5.41) is 5.32. The third-order valence-corrected chi connectivity index (χ3v) is 2.17. The lowest BCUT2D eigenvalue weighted by atomic mass is 10.4. The van der Waals surface area contributed by atoms with Crippen molar-refractivity contribution < 1.29 is 4.79 Å². The van der Waals surface area contributed by atoms with E-state index in [1.165, 1.54) is 14.0 Å². The number of nitrogen functional groups attached to an aromatic ring is 1. The molecule has 0 aliphatic carbocycles. The predicted molar refractivity (Wildman–Crippen MR) is 63.9 cm³/mol. The number of nitrogens with two attached hydrogens (primary N) is 1. The highest BCUT2D eigenvalue weighted by Gasteiger charge is 2.08.